The van der Waals surface area contributed by atoms with Crippen LogP contribution in [0, 0.1) is 0 Å². The van der Waals surface area contributed by atoms with E-state index in [2.05, 4.69) is 15.3 Å². The van der Waals surface area contributed by atoms with Crippen molar-refractivity contribution in [3.05, 3.63) is 59.9 Å². The summed E-state index contributed by atoms with van der Waals surface area (Å²) in [5, 5.41) is 4.67. The summed E-state index contributed by atoms with van der Waals surface area (Å²) in [7, 11) is 1.62. The molecular formula is C24H30N4O2S. The molecular weight excluding hydrogens is 408 g/mol. The average molecular weight is 439 g/mol. The minimum absolute atomic E-state index is 0.0557. The molecule has 0 spiro atoms. The lowest BCUT2D eigenvalue weighted by Crippen LogP contribution is -2.51. The van der Waals surface area contributed by atoms with E-state index in [9.17, 15) is 4.79 Å². The summed E-state index contributed by atoms with van der Waals surface area (Å²) in [5.74, 6) is 0.662. The van der Waals surface area contributed by atoms with Crippen molar-refractivity contribution >= 4 is 29.4 Å². The SMILES string of the molecule is CCN(C(=O)c1cc2ccccc2[nH]1)[C@H]1CCCC(S)(NCc2ccnc(OC)c2)C1. The monoisotopic (exact) mass is 438 g/mol. The van der Waals surface area contributed by atoms with E-state index >= 15 is 0 Å². The van der Waals surface area contributed by atoms with Gasteiger partial charge in [-0.3, -0.25) is 10.1 Å². The van der Waals surface area contributed by atoms with Crippen LogP contribution in [0.3, 0.4) is 0 Å². The van der Waals surface area contributed by atoms with Crippen LogP contribution in [-0.4, -0.2) is 45.3 Å². The van der Waals surface area contributed by atoms with E-state index < -0.39 is 0 Å². The number of hydrogen-bond acceptors (Lipinski definition) is 5. The Hall–Kier alpha value is -2.51. The predicted octanol–water partition coefficient (Wildman–Crippen LogP) is 4.39. The number of carbonyl (C=O) groups excluding carboxylic acids is 1. The van der Waals surface area contributed by atoms with E-state index in [0.29, 0.717) is 24.7 Å². The van der Waals surface area contributed by atoms with Gasteiger partial charge in [0.2, 0.25) is 5.88 Å². The van der Waals surface area contributed by atoms with Crippen LogP contribution >= 0.6 is 12.6 Å². The Balaban J connectivity index is 1.45. The highest BCUT2D eigenvalue weighted by atomic mass is 32.1. The number of ether oxygens (including phenoxy) is 1. The van der Waals surface area contributed by atoms with Crippen LogP contribution in [0.5, 0.6) is 5.88 Å². The number of nitrogens with one attached hydrogen (secondary N) is 2. The van der Waals surface area contributed by atoms with Crippen molar-refractivity contribution in [2.45, 2.75) is 50.1 Å². The largest absolute Gasteiger partial charge is 0.481 e. The quantitative estimate of drug-likeness (QED) is 0.378. The fourth-order valence-corrected chi connectivity index (χ4v) is 4.95. The zero-order chi connectivity index (χ0) is 21.8. The van der Waals surface area contributed by atoms with Crippen LogP contribution in [0.1, 0.15) is 48.7 Å². The second-order valence-electron chi connectivity index (χ2n) is 8.20. The van der Waals surface area contributed by atoms with Crippen molar-refractivity contribution < 1.29 is 9.53 Å². The zero-order valence-electron chi connectivity index (χ0n) is 18.1. The maximum atomic E-state index is 13.3. The Bertz CT molecular complexity index is 1020. The van der Waals surface area contributed by atoms with Crippen molar-refractivity contribution in [2.75, 3.05) is 13.7 Å². The molecule has 1 saturated carbocycles. The molecule has 1 unspecified atom stereocenters. The first-order valence-electron chi connectivity index (χ1n) is 10.9. The van der Waals surface area contributed by atoms with Crippen LogP contribution in [0.2, 0.25) is 0 Å². The fourth-order valence-electron chi connectivity index (χ4n) is 4.50. The first-order chi connectivity index (χ1) is 15.0. The maximum absolute atomic E-state index is 13.3. The Kier molecular flexibility index (Phi) is 6.53. The molecule has 1 fully saturated rings. The molecule has 1 aromatic carbocycles. The van der Waals surface area contributed by atoms with E-state index in [-0.39, 0.29) is 16.8 Å². The molecule has 0 radical (unpaired) electrons. The first-order valence-corrected chi connectivity index (χ1v) is 11.3. The van der Waals surface area contributed by atoms with Gasteiger partial charge in [0, 0.05) is 42.3 Å². The highest BCUT2D eigenvalue weighted by Gasteiger charge is 2.37. The number of benzene rings is 1. The number of amides is 1. The molecule has 1 amide bonds. The Morgan fingerprint density at radius 1 is 1.35 bits per heavy atom. The molecule has 0 aliphatic heterocycles. The third-order valence-electron chi connectivity index (χ3n) is 6.13. The highest BCUT2D eigenvalue weighted by Crippen LogP contribution is 2.35. The summed E-state index contributed by atoms with van der Waals surface area (Å²) in [4.78, 5) is 22.4. The van der Waals surface area contributed by atoms with Crippen molar-refractivity contribution in [3.8, 4) is 5.88 Å². The second-order valence-corrected chi connectivity index (χ2v) is 9.06. The van der Waals surface area contributed by atoms with Gasteiger partial charge in [-0.2, -0.15) is 12.6 Å². The van der Waals surface area contributed by atoms with Gasteiger partial charge in [0.15, 0.2) is 0 Å². The van der Waals surface area contributed by atoms with Crippen LogP contribution in [0.4, 0.5) is 0 Å². The highest BCUT2D eigenvalue weighted by molar-refractivity contribution is 7.81. The minimum Gasteiger partial charge on any atom is -0.481 e. The van der Waals surface area contributed by atoms with E-state index in [0.717, 1.165) is 42.1 Å². The summed E-state index contributed by atoms with van der Waals surface area (Å²) in [6, 6.07) is 14.0. The van der Waals surface area contributed by atoms with E-state index in [1.807, 2.05) is 54.3 Å². The van der Waals surface area contributed by atoms with E-state index in [1.165, 1.54) is 0 Å². The van der Waals surface area contributed by atoms with Gasteiger partial charge in [0.1, 0.15) is 5.69 Å². The third kappa shape index (κ3) is 4.88. The lowest BCUT2D eigenvalue weighted by Gasteiger charge is -2.42. The number of fused-ring (bicyclic) bond motifs is 1. The number of aromatic amines is 1. The Morgan fingerprint density at radius 3 is 2.97 bits per heavy atom. The number of para-hydroxylation sites is 1. The molecule has 6 nitrogen and oxygen atoms in total. The van der Waals surface area contributed by atoms with Crippen molar-refractivity contribution in [1.82, 2.24) is 20.2 Å². The number of carbonyl (C=O) groups is 1. The van der Waals surface area contributed by atoms with Gasteiger partial charge in [0.05, 0.1) is 12.0 Å². The summed E-state index contributed by atoms with van der Waals surface area (Å²) < 4.78 is 5.22. The summed E-state index contributed by atoms with van der Waals surface area (Å²) in [6.07, 6.45) is 5.54. The maximum Gasteiger partial charge on any atom is 0.270 e. The van der Waals surface area contributed by atoms with Crippen LogP contribution in [-0.2, 0) is 6.54 Å². The lowest BCUT2D eigenvalue weighted by molar-refractivity contribution is 0.0612. The smallest absolute Gasteiger partial charge is 0.270 e. The van der Waals surface area contributed by atoms with Gasteiger partial charge in [-0.05, 0) is 56.4 Å². The van der Waals surface area contributed by atoms with Gasteiger partial charge in [-0.1, -0.05) is 18.2 Å². The number of rotatable bonds is 7. The number of hydrogen-bond donors (Lipinski definition) is 3. The summed E-state index contributed by atoms with van der Waals surface area (Å²) >= 11 is 5.01. The Morgan fingerprint density at radius 2 is 2.19 bits per heavy atom. The number of pyridine rings is 1. The molecule has 1 aliphatic rings. The number of thiol groups is 1. The second kappa shape index (κ2) is 9.32. The van der Waals surface area contributed by atoms with Gasteiger partial charge in [-0.25, -0.2) is 4.98 Å². The third-order valence-corrected chi connectivity index (χ3v) is 6.70. The zero-order valence-corrected chi connectivity index (χ0v) is 19.0. The van der Waals surface area contributed by atoms with Crippen molar-refractivity contribution in [2.24, 2.45) is 0 Å². The molecule has 0 saturated heterocycles. The van der Waals surface area contributed by atoms with Gasteiger partial charge in [-0.15, -0.1) is 0 Å². The predicted molar refractivity (Wildman–Crippen MR) is 127 cm³/mol. The summed E-state index contributed by atoms with van der Waals surface area (Å²) in [5.41, 5.74) is 2.74. The van der Waals surface area contributed by atoms with Gasteiger partial charge < -0.3 is 14.6 Å². The summed E-state index contributed by atoms with van der Waals surface area (Å²) in [6.45, 7) is 3.40. The molecule has 7 heteroatoms. The number of aromatic nitrogens is 2. The first kappa shape index (κ1) is 21.7. The molecule has 0 bridgehead atoms. The Labute approximate surface area is 188 Å². The number of nitrogens with zero attached hydrogens (tertiary/aromatic N) is 2. The molecule has 1 aliphatic carbocycles. The molecule has 164 valence electrons. The molecule has 2 aromatic heterocycles. The van der Waals surface area contributed by atoms with Crippen LogP contribution in [0.15, 0.2) is 48.7 Å². The number of methoxy groups -OCH3 is 1. The molecule has 31 heavy (non-hydrogen) atoms. The van der Waals surface area contributed by atoms with E-state index in [1.54, 1.807) is 13.3 Å². The lowest BCUT2D eigenvalue weighted by atomic mass is 9.88. The van der Waals surface area contributed by atoms with Crippen molar-refractivity contribution in [3.63, 3.8) is 0 Å². The minimum atomic E-state index is -0.326. The average Bonchev–Trinajstić information content (AvgIpc) is 3.23. The number of H-pyrrole nitrogens is 1. The van der Waals surface area contributed by atoms with Crippen LogP contribution in [0.25, 0.3) is 10.9 Å². The molecule has 2 atom stereocenters. The van der Waals surface area contributed by atoms with Gasteiger partial charge in [0.25, 0.3) is 5.91 Å². The standard InChI is InChI=1S/C24H30N4O2S/c1-3-28(23(29)21-14-18-7-4-5-9-20(18)27-21)19-8-6-11-24(31,15-19)26-16-17-10-12-25-22(13-17)30-2/h4-5,7,9-10,12-14,19,26-27,31H,3,6,8,11,15-16H2,1-2H3/t19-,24?/m0/s1. The van der Waals surface area contributed by atoms with Crippen LogP contribution < -0.4 is 10.1 Å². The molecule has 3 aromatic rings. The fraction of sp³-hybridized carbons (Fsp3) is 0.417. The van der Waals surface area contributed by atoms with E-state index in [4.69, 9.17) is 17.4 Å². The molecule has 2 N–H and O–H groups in total. The molecule has 2 heterocycles. The van der Waals surface area contributed by atoms with Gasteiger partial charge >= 0.3 is 0 Å². The normalized spacial score (nSPS) is 21.2. The van der Waals surface area contributed by atoms with Crippen molar-refractivity contribution in [1.29, 1.82) is 0 Å². The molecule has 4 rings (SSSR count). The topological polar surface area (TPSA) is 70.2 Å².